The number of ether oxygens (including phenoxy) is 1. The van der Waals surface area contributed by atoms with Gasteiger partial charge in [0.15, 0.2) is 0 Å². The van der Waals surface area contributed by atoms with E-state index in [1.54, 1.807) is 0 Å². The van der Waals surface area contributed by atoms with E-state index in [0.29, 0.717) is 5.92 Å². The van der Waals surface area contributed by atoms with Gasteiger partial charge >= 0.3 is 5.97 Å². The summed E-state index contributed by atoms with van der Waals surface area (Å²) in [6, 6.07) is 0. The molecule has 0 aromatic rings. The van der Waals surface area contributed by atoms with E-state index >= 15 is 0 Å². The van der Waals surface area contributed by atoms with Gasteiger partial charge in [0.25, 0.3) is 0 Å². The average Bonchev–Trinajstić information content (AvgIpc) is 2.50. The molecule has 0 N–H and O–H groups in total. The SMILES string of the molecule is C/C=C/C1C(C(=O)OC(C)(C)C)C1(C)C. The fraction of sp³-hybridized carbons (Fsp3) is 0.769. The van der Waals surface area contributed by atoms with Crippen molar-refractivity contribution in [1.82, 2.24) is 0 Å². The lowest BCUT2D eigenvalue weighted by atomic mass is 10.1. The summed E-state index contributed by atoms with van der Waals surface area (Å²) < 4.78 is 5.40. The Bertz CT molecular complexity index is 281. The summed E-state index contributed by atoms with van der Waals surface area (Å²) >= 11 is 0. The molecule has 2 heteroatoms. The smallest absolute Gasteiger partial charge is 0.310 e. The lowest BCUT2D eigenvalue weighted by Gasteiger charge is -2.19. The van der Waals surface area contributed by atoms with E-state index in [-0.39, 0.29) is 22.9 Å². The quantitative estimate of drug-likeness (QED) is 0.517. The second-order valence-corrected chi connectivity index (χ2v) is 5.88. The molecule has 1 rings (SSSR count). The molecule has 0 heterocycles. The van der Waals surface area contributed by atoms with Gasteiger partial charge in [-0.1, -0.05) is 26.0 Å². The predicted octanol–water partition coefficient (Wildman–Crippen LogP) is 3.18. The van der Waals surface area contributed by atoms with Crippen LogP contribution in [0.2, 0.25) is 0 Å². The Morgan fingerprint density at radius 1 is 1.33 bits per heavy atom. The van der Waals surface area contributed by atoms with Crippen molar-refractivity contribution in [2.45, 2.75) is 47.1 Å². The molecule has 0 aromatic carbocycles. The van der Waals surface area contributed by atoms with Gasteiger partial charge < -0.3 is 4.74 Å². The van der Waals surface area contributed by atoms with Crippen molar-refractivity contribution in [2.24, 2.45) is 17.3 Å². The highest BCUT2D eigenvalue weighted by molar-refractivity contribution is 5.78. The fourth-order valence-corrected chi connectivity index (χ4v) is 2.06. The Morgan fingerprint density at radius 3 is 2.27 bits per heavy atom. The zero-order valence-electron chi connectivity index (χ0n) is 10.6. The number of hydrogen-bond acceptors (Lipinski definition) is 2. The largest absolute Gasteiger partial charge is 0.460 e. The molecule has 0 bridgehead atoms. The molecular formula is C13H22O2. The van der Waals surface area contributed by atoms with Gasteiger partial charge in [0.1, 0.15) is 5.60 Å². The normalized spacial score (nSPS) is 29.2. The summed E-state index contributed by atoms with van der Waals surface area (Å²) in [6.07, 6.45) is 4.12. The number of allylic oxidation sites excluding steroid dienone is 2. The molecule has 2 nitrogen and oxygen atoms in total. The van der Waals surface area contributed by atoms with Crippen molar-refractivity contribution < 1.29 is 9.53 Å². The minimum atomic E-state index is -0.379. The van der Waals surface area contributed by atoms with Crippen LogP contribution in [0.4, 0.5) is 0 Å². The number of carbonyl (C=O) groups excluding carboxylic acids is 1. The lowest BCUT2D eigenvalue weighted by Crippen LogP contribution is -2.26. The molecule has 15 heavy (non-hydrogen) atoms. The number of carbonyl (C=O) groups is 1. The van der Waals surface area contributed by atoms with Crippen LogP contribution >= 0.6 is 0 Å². The van der Waals surface area contributed by atoms with Crippen LogP contribution in [0, 0.1) is 17.3 Å². The third-order valence-electron chi connectivity index (χ3n) is 2.97. The van der Waals surface area contributed by atoms with E-state index in [1.165, 1.54) is 0 Å². The molecule has 0 aliphatic heterocycles. The minimum absolute atomic E-state index is 0.0351. The first-order valence-electron chi connectivity index (χ1n) is 5.56. The molecule has 86 valence electrons. The molecule has 1 fully saturated rings. The third-order valence-corrected chi connectivity index (χ3v) is 2.97. The maximum Gasteiger partial charge on any atom is 0.310 e. The van der Waals surface area contributed by atoms with Crippen molar-refractivity contribution >= 4 is 5.97 Å². The number of esters is 1. The first-order valence-corrected chi connectivity index (χ1v) is 5.56. The molecule has 0 radical (unpaired) electrons. The van der Waals surface area contributed by atoms with Gasteiger partial charge in [-0.25, -0.2) is 0 Å². The van der Waals surface area contributed by atoms with Gasteiger partial charge in [0.2, 0.25) is 0 Å². The van der Waals surface area contributed by atoms with E-state index in [0.717, 1.165) is 0 Å². The molecule has 2 atom stereocenters. The summed E-state index contributed by atoms with van der Waals surface area (Å²) in [5, 5.41) is 0. The minimum Gasteiger partial charge on any atom is -0.460 e. The summed E-state index contributed by atoms with van der Waals surface area (Å²) in [5.41, 5.74) is -0.314. The molecule has 0 aromatic heterocycles. The van der Waals surface area contributed by atoms with E-state index < -0.39 is 0 Å². The highest BCUT2D eigenvalue weighted by Crippen LogP contribution is 2.59. The van der Waals surface area contributed by atoms with Crippen LogP contribution in [-0.2, 0) is 9.53 Å². The van der Waals surface area contributed by atoms with Crippen LogP contribution < -0.4 is 0 Å². The molecule has 0 spiro atoms. The van der Waals surface area contributed by atoms with Crippen LogP contribution in [0.15, 0.2) is 12.2 Å². The van der Waals surface area contributed by atoms with Gasteiger partial charge in [0.05, 0.1) is 5.92 Å². The van der Waals surface area contributed by atoms with E-state index in [4.69, 9.17) is 4.74 Å². The second-order valence-electron chi connectivity index (χ2n) is 5.88. The third kappa shape index (κ3) is 2.61. The fourth-order valence-electron chi connectivity index (χ4n) is 2.06. The van der Waals surface area contributed by atoms with Gasteiger partial charge in [-0.3, -0.25) is 4.79 Å². The van der Waals surface area contributed by atoms with Crippen molar-refractivity contribution in [1.29, 1.82) is 0 Å². The Kier molecular flexibility index (Phi) is 2.99. The summed E-state index contributed by atoms with van der Waals surface area (Å²) in [4.78, 5) is 11.9. The topological polar surface area (TPSA) is 26.3 Å². The Hall–Kier alpha value is -0.790. The van der Waals surface area contributed by atoms with Crippen molar-refractivity contribution in [3.05, 3.63) is 12.2 Å². The van der Waals surface area contributed by atoms with Crippen molar-refractivity contribution in [3.8, 4) is 0 Å². The lowest BCUT2D eigenvalue weighted by molar-refractivity contribution is -0.157. The van der Waals surface area contributed by atoms with Gasteiger partial charge in [-0.05, 0) is 39.0 Å². The molecule has 1 aliphatic carbocycles. The summed E-state index contributed by atoms with van der Waals surface area (Å²) in [7, 11) is 0. The zero-order valence-corrected chi connectivity index (χ0v) is 10.6. The molecule has 1 aliphatic rings. The van der Waals surface area contributed by atoms with E-state index in [1.807, 2.05) is 33.8 Å². The van der Waals surface area contributed by atoms with E-state index in [9.17, 15) is 4.79 Å². The average molecular weight is 210 g/mol. The highest BCUT2D eigenvalue weighted by atomic mass is 16.6. The van der Waals surface area contributed by atoms with Crippen molar-refractivity contribution in [3.63, 3.8) is 0 Å². The number of hydrogen-bond donors (Lipinski definition) is 0. The van der Waals surface area contributed by atoms with Gasteiger partial charge in [-0.2, -0.15) is 0 Å². The van der Waals surface area contributed by atoms with Gasteiger partial charge in [0, 0.05) is 0 Å². The van der Waals surface area contributed by atoms with Crippen LogP contribution in [-0.4, -0.2) is 11.6 Å². The maximum absolute atomic E-state index is 11.9. The maximum atomic E-state index is 11.9. The summed E-state index contributed by atoms with van der Waals surface area (Å²) in [5.74, 6) is 0.320. The van der Waals surface area contributed by atoms with Crippen LogP contribution in [0.5, 0.6) is 0 Å². The summed E-state index contributed by atoms with van der Waals surface area (Å²) in [6.45, 7) is 11.9. The standard InChI is InChI=1S/C13H22O2/c1-7-8-9-10(13(9,5)6)11(14)15-12(2,3)4/h7-10H,1-6H3/b8-7+. The Morgan fingerprint density at radius 2 is 1.87 bits per heavy atom. The molecule has 0 amide bonds. The zero-order chi connectivity index (χ0) is 11.9. The second kappa shape index (κ2) is 3.66. The highest BCUT2D eigenvalue weighted by Gasteiger charge is 2.61. The predicted molar refractivity (Wildman–Crippen MR) is 61.4 cm³/mol. The van der Waals surface area contributed by atoms with Crippen LogP contribution in [0.3, 0.4) is 0 Å². The van der Waals surface area contributed by atoms with Crippen LogP contribution in [0.1, 0.15) is 41.5 Å². The first-order chi connectivity index (χ1) is 6.70. The van der Waals surface area contributed by atoms with E-state index in [2.05, 4.69) is 19.9 Å². The van der Waals surface area contributed by atoms with Crippen molar-refractivity contribution in [2.75, 3.05) is 0 Å². The number of rotatable bonds is 2. The Balaban J connectivity index is 2.64. The molecular weight excluding hydrogens is 188 g/mol. The molecule has 0 saturated heterocycles. The van der Waals surface area contributed by atoms with Gasteiger partial charge in [-0.15, -0.1) is 0 Å². The first kappa shape index (κ1) is 12.3. The monoisotopic (exact) mass is 210 g/mol. The molecule has 1 saturated carbocycles. The Labute approximate surface area is 92.7 Å². The van der Waals surface area contributed by atoms with Crippen LogP contribution in [0.25, 0.3) is 0 Å². The molecule has 2 unspecified atom stereocenters.